The van der Waals surface area contributed by atoms with Crippen molar-refractivity contribution in [3.8, 4) is 5.75 Å². The first-order chi connectivity index (χ1) is 14.3. The number of allylic oxidation sites excluding steroid dienone is 1. The summed E-state index contributed by atoms with van der Waals surface area (Å²) in [7, 11) is 0. The van der Waals surface area contributed by atoms with Crippen molar-refractivity contribution >= 4 is 11.8 Å². The highest BCUT2D eigenvalue weighted by Crippen LogP contribution is 2.28. The third kappa shape index (κ3) is 4.38. The number of aliphatic hydroxyl groups is 5. The van der Waals surface area contributed by atoms with E-state index in [1.165, 1.54) is 12.1 Å². The average molecular weight is 424 g/mol. The number of aliphatic hydroxyl groups excluding tert-OH is 4. The van der Waals surface area contributed by atoms with E-state index >= 15 is 0 Å². The van der Waals surface area contributed by atoms with Crippen LogP contribution in [-0.4, -0.2) is 80.2 Å². The summed E-state index contributed by atoms with van der Waals surface area (Å²) in [5.74, 6) is -1.64. The Kier molecular flexibility index (Phi) is 6.86. The third-order valence-electron chi connectivity index (χ3n) is 5.06. The highest BCUT2D eigenvalue weighted by atomic mass is 16.7. The first kappa shape index (κ1) is 22.3. The van der Waals surface area contributed by atoms with Crippen LogP contribution in [0.2, 0.25) is 0 Å². The van der Waals surface area contributed by atoms with Crippen molar-refractivity contribution in [1.82, 2.24) is 0 Å². The molecule has 1 aromatic carbocycles. The number of carbonyl (C=O) groups is 2. The van der Waals surface area contributed by atoms with Crippen LogP contribution < -0.4 is 4.74 Å². The Labute approximate surface area is 171 Å². The number of ether oxygens (including phenoxy) is 3. The summed E-state index contributed by atoms with van der Waals surface area (Å²) < 4.78 is 16.0. The van der Waals surface area contributed by atoms with Gasteiger partial charge in [-0.05, 0) is 18.6 Å². The van der Waals surface area contributed by atoms with Crippen molar-refractivity contribution in [2.75, 3.05) is 6.61 Å². The molecule has 1 saturated heterocycles. The van der Waals surface area contributed by atoms with Gasteiger partial charge >= 0.3 is 5.97 Å². The fourth-order valence-electron chi connectivity index (χ4n) is 3.21. The van der Waals surface area contributed by atoms with Gasteiger partial charge in [0.1, 0.15) is 36.8 Å². The molecule has 30 heavy (non-hydrogen) atoms. The van der Waals surface area contributed by atoms with Crippen molar-refractivity contribution in [1.29, 1.82) is 0 Å². The Balaban J connectivity index is 1.70. The quantitative estimate of drug-likeness (QED) is 0.208. The lowest BCUT2D eigenvalue weighted by molar-refractivity contribution is -0.277. The molecule has 6 atom stereocenters. The van der Waals surface area contributed by atoms with E-state index in [-0.39, 0.29) is 18.8 Å². The second kappa shape index (κ2) is 9.21. The van der Waals surface area contributed by atoms with Crippen LogP contribution in [-0.2, 0) is 25.7 Å². The summed E-state index contributed by atoms with van der Waals surface area (Å²) in [6, 6.07) is 6.27. The molecule has 0 saturated carbocycles. The Morgan fingerprint density at radius 3 is 2.60 bits per heavy atom. The molecule has 0 bridgehead atoms. The van der Waals surface area contributed by atoms with E-state index in [1.54, 1.807) is 18.2 Å². The van der Waals surface area contributed by atoms with E-state index in [4.69, 9.17) is 14.2 Å². The number of para-hydroxylation sites is 1. The van der Waals surface area contributed by atoms with E-state index in [0.717, 1.165) is 6.08 Å². The minimum Gasteiger partial charge on any atom is -0.462 e. The average Bonchev–Trinajstić information content (AvgIpc) is 2.75. The molecule has 2 aliphatic rings. The Morgan fingerprint density at radius 1 is 1.17 bits per heavy atom. The summed E-state index contributed by atoms with van der Waals surface area (Å²) in [4.78, 5) is 24.2. The van der Waals surface area contributed by atoms with Gasteiger partial charge in [-0.15, -0.1) is 0 Å². The summed E-state index contributed by atoms with van der Waals surface area (Å²) in [5.41, 5.74) is -2.00. The van der Waals surface area contributed by atoms with Crippen LogP contribution in [0.15, 0.2) is 36.4 Å². The molecule has 10 nitrogen and oxygen atoms in total. The minimum atomic E-state index is -2.33. The molecule has 164 valence electrons. The number of carbonyl (C=O) groups excluding carboxylic acids is 2. The minimum absolute atomic E-state index is 0.0267. The number of benzene rings is 1. The number of hydrogen-bond donors (Lipinski definition) is 5. The number of esters is 1. The zero-order chi connectivity index (χ0) is 21.9. The zero-order valence-electron chi connectivity index (χ0n) is 16.0. The first-order valence-corrected chi connectivity index (χ1v) is 9.43. The van der Waals surface area contributed by atoms with Gasteiger partial charge in [-0.3, -0.25) is 4.79 Å². The molecule has 3 rings (SSSR count). The van der Waals surface area contributed by atoms with Crippen molar-refractivity contribution in [3.05, 3.63) is 42.0 Å². The van der Waals surface area contributed by atoms with Crippen molar-refractivity contribution in [2.45, 2.75) is 55.8 Å². The highest BCUT2D eigenvalue weighted by molar-refractivity contribution is 6.09. The van der Waals surface area contributed by atoms with Crippen LogP contribution >= 0.6 is 0 Å². The highest BCUT2D eigenvalue weighted by Gasteiger charge is 2.45. The molecule has 1 unspecified atom stereocenters. The van der Waals surface area contributed by atoms with Crippen LogP contribution in [0.1, 0.15) is 18.4 Å². The zero-order valence-corrected chi connectivity index (χ0v) is 16.0. The molecule has 10 heteroatoms. The van der Waals surface area contributed by atoms with Crippen LogP contribution in [0.3, 0.4) is 0 Å². The lowest BCUT2D eigenvalue weighted by atomic mass is 9.90. The summed E-state index contributed by atoms with van der Waals surface area (Å²) in [6.45, 7) is -0.958. The summed E-state index contributed by atoms with van der Waals surface area (Å²) >= 11 is 0. The fraction of sp³-hybridized carbons (Fsp3) is 0.500. The molecule has 1 fully saturated rings. The van der Waals surface area contributed by atoms with Gasteiger partial charge in [-0.2, -0.15) is 0 Å². The first-order valence-electron chi connectivity index (χ1n) is 9.43. The molecule has 1 heterocycles. The largest absolute Gasteiger partial charge is 0.462 e. The number of rotatable bonds is 6. The smallest absolute Gasteiger partial charge is 0.350 e. The van der Waals surface area contributed by atoms with E-state index in [2.05, 4.69) is 0 Å². The van der Waals surface area contributed by atoms with Crippen LogP contribution in [0.5, 0.6) is 5.75 Å². The lowest BCUT2D eigenvalue weighted by Gasteiger charge is -2.39. The SMILES string of the molecule is O=C1CCC=CC1(O)C(=O)OCc1ccccc1O[C@@H]1O[C@H](CO)[C@@H](O)[C@H](O)[C@H]1O. The van der Waals surface area contributed by atoms with E-state index < -0.39 is 54.7 Å². The van der Waals surface area contributed by atoms with Gasteiger partial charge in [0.25, 0.3) is 0 Å². The predicted molar refractivity (Wildman–Crippen MR) is 99.0 cm³/mol. The van der Waals surface area contributed by atoms with Gasteiger partial charge < -0.3 is 39.7 Å². The molecule has 0 amide bonds. The van der Waals surface area contributed by atoms with Crippen molar-refractivity contribution in [2.24, 2.45) is 0 Å². The molecular formula is C20H24O10. The number of ketones is 1. The molecule has 1 aliphatic heterocycles. The van der Waals surface area contributed by atoms with Gasteiger partial charge in [0.15, 0.2) is 5.78 Å². The Bertz CT molecular complexity index is 807. The van der Waals surface area contributed by atoms with Crippen molar-refractivity contribution in [3.63, 3.8) is 0 Å². The fourth-order valence-corrected chi connectivity index (χ4v) is 3.21. The van der Waals surface area contributed by atoms with Gasteiger partial charge in [0.05, 0.1) is 6.61 Å². The van der Waals surface area contributed by atoms with Gasteiger partial charge in [-0.1, -0.05) is 24.3 Å². The Hall–Kier alpha value is -2.34. The van der Waals surface area contributed by atoms with Crippen LogP contribution in [0, 0.1) is 0 Å². The predicted octanol–water partition coefficient (Wildman–Crippen LogP) is -1.44. The van der Waals surface area contributed by atoms with Gasteiger partial charge in [0.2, 0.25) is 11.9 Å². The molecule has 0 spiro atoms. The summed E-state index contributed by atoms with van der Waals surface area (Å²) in [6.07, 6.45) is -4.20. The molecule has 5 N–H and O–H groups in total. The molecular weight excluding hydrogens is 400 g/mol. The maximum absolute atomic E-state index is 12.3. The van der Waals surface area contributed by atoms with Gasteiger partial charge in [-0.25, -0.2) is 4.79 Å². The topological polar surface area (TPSA) is 163 Å². The second-order valence-corrected chi connectivity index (χ2v) is 7.13. The van der Waals surface area contributed by atoms with Crippen LogP contribution in [0.4, 0.5) is 0 Å². The normalized spacial score (nSPS) is 33.9. The van der Waals surface area contributed by atoms with Crippen LogP contribution in [0.25, 0.3) is 0 Å². The molecule has 0 radical (unpaired) electrons. The van der Waals surface area contributed by atoms with E-state index in [9.17, 15) is 35.1 Å². The molecule has 1 aromatic rings. The van der Waals surface area contributed by atoms with E-state index in [0.29, 0.717) is 12.0 Å². The number of Topliss-reactive ketones (excluding diaryl/α,β-unsaturated/α-hetero) is 1. The third-order valence-corrected chi connectivity index (χ3v) is 5.06. The maximum atomic E-state index is 12.3. The molecule has 1 aliphatic carbocycles. The number of hydrogen-bond acceptors (Lipinski definition) is 10. The molecule has 0 aromatic heterocycles. The monoisotopic (exact) mass is 424 g/mol. The standard InChI is InChI=1S/C20H24O10/c21-9-13-15(23)16(24)17(25)18(30-13)29-12-6-2-1-5-11(12)10-28-19(26)20(27)8-4-3-7-14(20)22/h1-2,4-6,8,13,15-18,21,23-25,27H,3,7,9-10H2/t13-,15-,16+,17-,18-,20?/m1/s1. The van der Waals surface area contributed by atoms with Crippen molar-refractivity contribution < 1.29 is 49.3 Å². The Morgan fingerprint density at radius 2 is 1.90 bits per heavy atom. The summed E-state index contributed by atoms with van der Waals surface area (Å²) in [5, 5.41) is 49.4. The second-order valence-electron chi connectivity index (χ2n) is 7.13. The van der Waals surface area contributed by atoms with Gasteiger partial charge in [0, 0.05) is 12.0 Å². The van der Waals surface area contributed by atoms with E-state index in [1.807, 2.05) is 0 Å². The maximum Gasteiger partial charge on any atom is 0.350 e. The lowest BCUT2D eigenvalue weighted by Crippen LogP contribution is -2.60.